The molecule has 0 aliphatic heterocycles. The Hall–Kier alpha value is -1.99. The molecule has 2 rings (SSSR count). The number of halogens is 2. The van der Waals surface area contributed by atoms with Crippen LogP contribution in [0, 0.1) is 11.7 Å². The Bertz CT molecular complexity index is 690. The van der Waals surface area contributed by atoms with Gasteiger partial charge < -0.3 is 5.32 Å². The zero-order chi connectivity index (χ0) is 17.0. The Morgan fingerprint density at radius 1 is 1.52 bits per heavy atom. The smallest absolute Gasteiger partial charge is 0.223 e. The number of rotatable bonds is 6. The molecular formula is C15H19ClFN5O. The van der Waals surface area contributed by atoms with Crippen molar-refractivity contribution in [1.29, 1.82) is 0 Å². The molecule has 1 N–H and O–H groups in total. The molecule has 0 saturated heterocycles. The van der Waals surface area contributed by atoms with Crippen LogP contribution in [0.1, 0.15) is 12.6 Å². The van der Waals surface area contributed by atoms with Crippen molar-refractivity contribution in [2.24, 2.45) is 5.92 Å². The molecule has 0 aliphatic carbocycles. The lowest BCUT2D eigenvalue weighted by molar-refractivity contribution is -0.124. The predicted octanol–water partition coefficient (Wildman–Crippen LogP) is 1.87. The van der Waals surface area contributed by atoms with Gasteiger partial charge in [-0.25, -0.2) is 9.07 Å². The highest BCUT2D eigenvalue weighted by atomic mass is 35.5. The number of carbonyl (C=O) groups excluding carboxylic acids is 1. The standard InChI is InChI=1S/C15H19ClFN5O/c1-10(15(23)18-2)7-21(3)8-12-9-22(20-19-12)14-5-4-11(17)6-13(14)16/h4-6,9-10H,7-8H2,1-3H3,(H,18,23). The van der Waals surface area contributed by atoms with Gasteiger partial charge in [-0.1, -0.05) is 23.7 Å². The van der Waals surface area contributed by atoms with Gasteiger partial charge in [-0.15, -0.1) is 5.10 Å². The van der Waals surface area contributed by atoms with Gasteiger partial charge in [0.25, 0.3) is 0 Å². The molecule has 0 aliphatic rings. The molecule has 1 amide bonds. The lowest BCUT2D eigenvalue weighted by Crippen LogP contribution is -2.34. The van der Waals surface area contributed by atoms with Crippen molar-refractivity contribution >= 4 is 17.5 Å². The maximum Gasteiger partial charge on any atom is 0.223 e. The summed E-state index contributed by atoms with van der Waals surface area (Å²) in [5.74, 6) is -0.521. The number of aromatic nitrogens is 3. The summed E-state index contributed by atoms with van der Waals surface area (Å²) in [4.78, 5) is 13.5. The van der Waals surface area contributed by atoms with E-state index in [4.69, 9.17) is 11.6 Å². The number of nitrogens with one attached hydrogen (secondary N) is 1. The molecule has 2 aromatic rings. The van der Waals surface area contributed by atoms with E-state index in [9.17, 15) is 9.18 Å². The Morgan fingerprint density at radius 2 is 2.26 bits per heavy atom. The van der Waals surface area contributed by atoms with Crippen LogP contribution in [-0.2, 0) is 11.3 Å². The molecule has 0 bridgehead atoms. The molecule has 1 aromatic carbocycles. The van der Waals surface area contributed by atoms with Crippen molar-refractivity contribution in [3.05, 3.63) is 40.9 Å². The Balaban J connectivity index is 2.03. The van der Waals surface area contributed by atoms with Crippen LogP contribution < -0.4 is 5.32 Å². The predicted molar refractivity (Wildman–Crippen MR) is 85.9 cm³/mol. The number of hydrogen-bond donors (Lipinski definition) is 1. The van der Waals surface area contributed by atoms with Gasteiger partial charge in [-0.05, 0) is 25.2 Å². The monoisotopic (exact) mass is 339 g/mol. The topological polar surface area (TPSA) is 63.1 Å². The van der Waals surface area contributed by atoms with Gasteiger partial charge in [0.1, 0.15) is 5.82 Å². The fourth-order valence-corrected chi connectivity index (χ4v) is 2.55. The van der Waals surface area contributed by atoms with E-state index in [1.54, 1.807) is 19.3 Å². The minimum absolute atomic E-state index is 0.00130. The van der Waals surface area contributed by atoms with Crippen LogP contribution in [-0.4, -0.2) is 46.4 Å². The molecule has 1 heterocycles. The fraction of sp³-hybridized carbons (Fsp3) is 0.400. The number of benzene rings is 1. The number of nitrogens with zero attached hydrogens (tertiary/aromatic N) is 4. The van der Waals surface area contributed by atoms with E-state index < -0.39 is 5.82 Å². The molecular weight excluding hydrogens is 321 g/mol. The molecule has 8 heteroatoms. The Kier molecular flexibility index (Phi) is 5.68. The normalized spacial score (nSPS) is 12.4. The van der Waals surface area contributed by atoms with Crippen molar-refractivity contribution < 1.29 is 9.18 Å². The van der Waals surface area contributed by atoms with E-state index in [0.717, 1.165) is 5.69 Å². The van der Waals surface area contributed by atoms with Gasteiger partial charge in [0.05, 0.1) is 22.6 Å². The van der Waals surface area contributed by atoms with Crippen molar-refractivity contribution in [3.8, 4) is 5.69 Å². The largest absolute Gasteiger partial charge is 0.359 e. The van der Waals surface area contributed by atoms with Crippen molar-refractivity contribution in [2.45, 2.75) is 13.5 Å². The fourth-order valence-electron chi connectivity index (χ4n) is 2.29. The maximum atomic E-state index is 13.1. The lowest BCUT2D eigenvalue weighted by Gasteiger charge is -2.19. The molecule has 0 spiro atoms. The number of carbonyl (C=O) groups is 1. The lowest BCUT2D eigenvalue weighted by atomic mass is 10.1. The van der Waals surface area contributed by atoms with E-state index in [1.807, 2.05) is 18.9 Å². The Labute approximate surface area is 139 Å². The summed E-state index contributed by atoms with van der Waals surface area (Å²) in [6, 6.07) is 4.10. The van der Waals surface area contributed by atoms with E-state index in [-0.39, 0.29) is 16.8 Å². The van der Waals surface area contributed by atoms with Crippen molar-refractivity contribution in [2.75, 3.05) is 20.6 Å². The number of hydrogen-bond acceptors (Lipinski definition) is 4. The second-order valence-electron chi connectivity index (χ2n) is 5.46. The first kappa shape index (κ1) is 17.4. The van der Waals surface area contributed by atoms with E-state index in [0.29, 0.717) is 18.8 Å². The van der Waals surface area contributed by atoms with Crippen LogP contribution >= 0.6 is 11.6 Å². The highest BCUT2D eigenvalue weighted by molar-refractivity contribution is 6.32. The second-order valence-corrected chi connectivity index (χ2v) is 5.87. The maximum absolute atomic E-state index is 13.1. The molecule has 1 atom stereocenters. The van der Waals surface area contributed by atoms with E-state index in [2.05, 4.69) is 15.6 Å². The van der Waals surface area contributed by atoms with E-state index >= 15 is 0 Å². The zero-order valence-corrected chi connectivity index (χ0v) is 14.0. The molecule has 124 valence electrons. The summed E-state index contributed by atoms with van der Waals surface area (Å²) < 4.78 is 14.6. The first-order valence-corrected chi connectivity index (χ1v) is 7.55. The summed E-state index contributed by atoms with van der Waals surface area (Å²) in [6.45, 7) is 3.01. The number of amides is 1. The minimum Gasteiger partial charge on any atom is -0.359 e. The molecule has 6 nitrogen and oxygen atoms in total. The van der Waals surface area contributed by atoms with Crippen LogP contribution in [0.2, 0.25) is 5.02 Å². The van der Waals surface area contributed by atoms with Gasteiger partial charge >= 0.3 is 0 Å². The zero-order valence-electron chi connectivity index (χ0n) is 13.3. The average Bonchev–Trinajstić information content (AvgIpc) is 2.94. The van der Waals surface area contributed by atoms with Gasteiger partial charge in [0.2, 0.25) is 5.91 Å². The Morgan fingerprint density at radius 3 is 2.91 bits per heavy atom. The van der Waals surface area contributed by atoms with Crippen molar-refractivity contribution in [3.63, 3.8) is 0 Å². The van der Waals surface area contributed by atoms with Gasteiger partial charge in [0, 0.05) is 26.1 Å². The molecule has 0 radical (unpaired) electrons. The van der Waals surface area contributed by atoms with Crippen molar-refractivity contribution in [1.82, 2.24) is 25.2 Å². The highest BCUT2D eigenvalue weighted by Crippen LogP contribution is 2.20. The molecule has 1 unspecified atom stereocenters. The first-order chi connectivity index (χ1) is 10.9. The molecule has 1 aromatic heterocycles. The molecule has 0 saturated carbocycles. The van der Waals surface area contributed by atoms with Crippen LogP contribution in [0.15, 0.2) is 24.4 Å². The summed E-state index contributed by atoms with van der Waals surface area (Å²) in [5, 5.41) is 11.0. The minimum atomic E-state index is -0.401. The summed E-state index contributed by atoms with van der Waals surface area (Å²) in [6.07, 6.45) is 1.74. The first-order valence-electron chi connectivity index (χ1n) is 7.17. The third-order valence-electron chi connectivity index (χ3n) is 3.41. The van der Waals surface area contributed by atoms with E-state index in [1.165, 1.54) is 16.8 Å². The van der Waals surface area contributed by atoms with Crippen LogP contribution in [0.3, 0.4) is 0 Å². The quantitative estimate of drug-likeness (QED) is 0.872. The van der Waals surface area contributed by atoms with Gasteiger partial charge in [0.15, 0.2) is 0 Å². The van der Waals surface area contributed by atoms with Gasteiger partial charge in [-0.2, -0.15) is 0 Å². The third kappa shape index (κ3) is 4.49. The second kappa shape index (κ2) is 7.52. The van der Waals surface area contributed by atoms with Crippen LogP contribution in [0.25, 0.3) is 5.69 Å². The van der Waals surface area contributed by atoms with Crippen LogP contribution in [0.5, 0.6) is 0 Å². The summed E-state index contributed by atoms with van der Waals surface area (Å²) in [7, 11) is 3.53. The molecule has 23 heavy (non-hydrogen) atoms. The summed E-state index contributed by atoms with van der Waals surface area (Å²) in [5.41, 5.74) is 1.30. The van der Waals surface area contributed by atoms with Crippen LogP contribution in [0.4, 0.5) is 4.39 Å². The summed E-state index contributed by atoms with van der Waals surface area (Å²) >= 11 is 6.02. The average molecular weight is 340 g/mol. The molecule has 0 fully saturated rings. The third-order valence-corrected chi connectivity index (χ3v) is 3.71. The SMILES string of the molecule is CNC(=O)C(C)CN(C)Cc1cn(-c2ccc(F)cc2Cl)nn1. The van der Waals surface area contributed by atoms with Gasteiger partial charge in [-0.3, -0.25) is 9.69 Å². The highest BCUT2D eigenvalue weighted by Gasteiger charge is 2.15.